The molecule has 9 heteroatoms. The van der Waals surface area contributed by atoms with Crippen molar-refractivity contribution in [2.75, 3.05) is 5.32 Å². The second kappa shape index (κ2) is 7.08. The van der Waals surface area contributed by atoms with E-state index in [1.807, 2.05) is 6.07 Å². The molecule has 0 spiro atoms. The number of aromatic nitrogens is 2. The summed E-state index contributed by atoms with van der Waals surface area (Å²) in [5.41, 5.74) is 6.71. The number of nitrogens with zero attached hydrogens (tertiary/aromatic N) is 2. The molecule has 0 saturated heterocycles. The fourth-order valence-corrected chi connectivity index (χ4v) is 2.86. The Kier molecular flexibility index (Phi) is 5.07. The van der Waals surface area contributed by atoms with Gasteiger partial charge in [0.1, 0.15) is 23.2 Å². The Morgan fingerprint density at radius 1 is 1.46 bits per heavy atom. The first kappa shape index (κ1) is 17.2. The SMILES string of the molecule is C[C@H](F)[C@H](N)Cc1oc2c(NCc3ccco3)nc(Cl)nc2c1Br. The lowest BCUT2D eigenvalue weighted by molar-refractivity contribution is 0.295. The van der Waals surface area contributed by atoms with E-state index in [1.165, 1.54) is 6.92 Å². The van der Waals surface area contributed by atoms with Gasteiger partial charge in [-0.25, -0.2) is 9.37 Å². The Labute approximate surface area is 150 Å². The number of fused-ring (bicyclic) bond motifs is 1. The Morgan fingerprint density at radius 2 is 2.25 bits per heavy atom. The number of rotatable bonds is 6. The maximum atomic E-state index is 13.3. The van der Waals surface area contributed by atoms with Crippen LogP contribution < -0.4 is 11.1 Å². The van der Waals surface area contributed by atoms with E-state index in [9.17, 15) is 4.39 Å². The monoisotopic (exact) mass is 416 g/mol. The quantitative estimate of drug-likeness (QED) is 0.588. The van der Waals surface area contributed by atoms with Crippen LogP contribution in [0.5, 0.6) is 0 Å². The van der Waals surface area contributed by atoms with E-state index in [1.54, 1.807) is 12.3 Å². The molecule has 0 unspecified atom stereocenters. The largest absolute Gasteiger partial charge is 0.467 e. The van der Waals surface area contributed by atoms with Crippen molar-refractivity contribution in [2.45, 2.75) is 32.1 Å². The van der Waals surface area contributed by atoms with Gasteiger partial charge in [0.25, 0.3) is 0 Å². The highest BCUT2D eigenvalue weighted by atomic mass is 79.9. The molecule has 0 aromatic carbocycles. The summed E-state index contributed by atoms with van der Waals surface area (Å²) in [6.45, 7) is 1.82. The third-order valence-electron chi connectivity index (χ3n) is 3.54. The summed E-state index contributed by atoms with van der Waals surface area (Å²) in [5.74, 6) is 1.66. The second-order valence-electron chi connectivity index (χ2n) is 5.34. The van der Waals surface area contributed by atoms with Crippen LogP contribution in [0.15, 0.2) is 31.7 Å². The maximum absolute atomic E-state index is 13.3. The average molecular weight is 418 g/mol. The van der Waals surface area contributed by atoms with E-state index in [2.05, 4.69) is 31.2 Å². The summed E-state index contributed by atoms with van der Waals surface area (Å²) >= 11 is 9.41. The first-order chi connectivity index (χ1) is 11.5. The van der Waals surface area contributed by atoms with Crippen LogP contribution in [-0.2, 0) is 13.0 Å². The first-order valence-corrected chi connectivity index (χ1v) is 8.43. The van der Waals surface area contributed by atoms with Gasteiger partial charge in [0.15, 0.2) is 11.4 Å². The zero-order valence-corrected chi connectivity index (χ0v) is 15.1. The van der Waals surface area contributed by atoms with Gasteiger partial charge >= 0.3 is 0 Å². The lowest BCUT2D eigenvalue weighted by atomic mass is 10.1. The Hall–Kier alpha value is -1.64. The molecular weight excluding hydrogens is 403 g/mol. The molecule has 3 N–H and O–H groups in total. The number of anilines is 1. The number of hydrogen-bond acceptors (Lipinski definition) is 6. The molecule has 24 heavy (non-hydrogen) atoms. The van der Waals surface area contributed by atoms with Gasteiger partial charge in [0.2, 0.25) is 5.28 Å². The molecule has 3 rings (SSSR count). The lowest BCUT2D eigenvalue weighted by Gasteiger charge is -2.10. The van der Waals surface area contributed by atoms with Crippen LogP contribution in [-0.4, -0.2) is 22.2 Å². The molecule has 0 amide bonds. The summed E-state index contributed by atoms with van der Waals surface area (Å²) in [5, 5.41) is 3.17. The van der Waals surface area contributed by atoms with Crippen molar-refractivity contribution in [3.63, 3.8) is 0 Å². The van der Waals surface area contributed by atoms with Gasteiger partial charge in [-0.2, -0.15) is 4.98 Å². The number of hydrogen-bond donors (Lipinski definition) is 2. The zero-order chi connectivity index (χ0) is 17.3. The van der Waals surface area contributed by atoms with E-state index in [0.29, 0.717) is 33.7 Å². The van der Waals surface area contributed by atoms with E-state index >= 15 is 0 Å². The van der Waals surface area contributed by atoms with Crippen LogP contribution in [0.4, 0.5) is 10.2 Å². The molecule has 3 heterocycles. The molecule has 3 aromatic heterocycles. The summed E-state index contributed by atoms with van der Waals surface area (Å²) in [7, 11) is 0. The Bertz CT molecular complexity index is 838. The van der Waals surface area contributed by atoms with Crippen LogP contribution in [0.2, 0.25) is 5.28 Å². The van der Waals surface area contributed by atoms with E-state index in [4.69, 9.17) is 26.2 Å². The van der Waals surface area contributed by atoms with Crippen LogP contribution in [0.1, 0.15) is 18.4 Å². The molecule has 0 aliphatic heterocycles. The van der Waals surface area contributed by atoms with E-state index in [0.717, 1.165) is 5.76 Å². The van der Waals surface area contributed by atoms with E-state index in [-0.39, 0.29) is 11.7 Å². The molecule has 0 aliphatic carbocycles. The summed E-state index contributed by atoms with van der Waals surface area (Å²) in [6.07, 6.45) is 0.654. The lowest BCUT2D eigenvalue weighted by Crippen LogP contribution is -2.31. The minimum absolute atomic E-state index is 0.0700. The molecule has 6 nitrogen and oxygen atoms in total. The molecule has 128 valence electrons. The van der Waals surface area contributed by atoms with Crippen LogP contribution in [0.25, 0.3) is 11.1 Å². The number of alkyl halides is 1. The fourth-order valence-electron chi connectivity index (χ4n) is 2.18. The third-order valence-corrected chi connectivity index (χ3v) is 4.52. The molecule has 0 bridgehead atoms. The molecule has 0 fully saturated rings. The highest BCUT2D eigenvalue weighted by molar-refractivity contribution is 9.10. The van der Waals surface area contributed by atoms with Crippen molar-refractivity contribution in [1.29, 1.82) is 0 Å². The van der Waals surface area contributed by atoms with E-state index < -0.39 is 12.2 Å². The van der Waals surface area contributed by atoms with Gasteiger partial charge in [-0.15, -0.1) is 0 Å². The highest BCUT2D eigenvalue weighted by Crippen LogP contribution is 2.34. The topological polar surface area (TPSA) is 90.1 Å². The number of furan rings is 2. The Balaban J connectivity index is 1.94. The predicted octanol–water partition coefficient (Wildman–Crippen LogP) is 4.07. The van der Waals surface area contributed by atoms with Gasteiger partial charge in [-0.05, 0) is 46.6 Å². The van der Waals surface area contributed by atoms with Gasteiger partial charge in [-0.1, -0.05) is 0 Å². The summed E-state index contributed by atoms with van der Waals surface area (Å²) in [6, 6.07) is 2.95. The highest BCUT2D eigenvalue weighted by Gasteiger charge is 2.22. The van der Waals surface area contributed by atoms with Crippen molar-refractivity contribution in [1.82, 2.24) is 9.97 Å². The molecule has 2 atom stereocenters. The number of nitrogens with one attached hydrogen (secondary N) is 1. The molecule has 0 radical (unpaired) electrons. The van der Waals surface area contributed by atoms with Gasteiger partial charge in [-0.3, -0.25) is 0 Å². The number of nitrogens with two attached hydrogens (primary N) is 1. The second-order valence-corrected chi connectivity index (χ2v) is 6.47. The minimum Gasteiger partial charge on any atom is -0.467 e. The maximum Gasteiger partial charge on any atom is 0.225 e. The van der Waals surface area contributed by atoms with Crippen molar-refractivity contribution < 1.29 is 13.2 Å². The standard InChI is InChI=1S/C15H15BrClFN4O2/c1-7(18)9(19)5-10-11(16)12-13(24-10)14(22-15(17)21-12)20-6-8-3-2-4-23-8/h2-4,7,9H,5-6,19H2,1H3,(H,20,21,22)/t7-,9+/m0/s1. The van der Waals surface area contributed by atoms with Crippen molar-refractivity contribution in [3.8, 4) is 0 Å². The molecule has 0 aliphatic rings. The summed E-state index contributed by atoms with van der Waals surface area (Å²) in [4.78, 5) is 8.32. The minimum atomic E-state index is -1.16. The van der Waals surface area contributed by atoms with Crippen molar-refractivity contribution in [2.24, 2.45) is 5.73 Å². The van der Waals surface area contributed by atoms with Crippen LogP contribution in [0.3, 0.4) is 0 Å². The predicted molar refractivity (Wildman–Crippen MR) is 92.8 cm³/mol. The smallest absolute Gasteiger partial charge is 0.225 e. The normalized spacial score (nSPS) is 14.0. The average Bonchev–Trinajstić information content (AvgIpc) is 3.15. The Morgan fingerprint density at radius 3 is 2.92 bits per heavy atom. The van der Waals surface area contributed by atoms with Crippen LogP contribution >= 0.6 is 27.5 Å². The van der Waals surface area contributed by atoms with Gasteiger partial charge in [0.05, 0.1) is 17.3 Å². The third kappa shape index (κ3) is 3.55. The fraction of sp³-hybridized carbons (Fsp3) is 0.333. The first-order valence-electron chi connectivity index (χ1n) is 7.26. The molecule has 3 aromatic rings. The van der Waals surface area contributed by atoms with Gasteiger partial charge in [0, 0.05) is 12.5 Å². The summed E-state index contributed by atoms with van der Waals surface area (Å²) < 4.78 is 25.0. The zero-order valence-electron chi connectivity index (χ0n) is 12.7. The van der Waals surface area contributed by atoms with Crippen molar-refractivity contribution >= 4 is 44.4 Å². The molecular formula is C15H15BrClFN4O2. The number of halogens is 3. The van der Waals surface area contributed by atoms with Crippen LogP contribution in [0, 0.1) is 0 Å². The van der Waals surface area contributed by atoms with Gasteiger partial charge < -0.3 is 19.9 Å². The molecule has 0 saturated carbocycles. The van der Waals surface area contributed by atoms with Crippen molar-refractivity contribution in [3.05, 3.63) is 39.7 Å².